The Morgan fingerprint density at radius 2 is 2.27 bits per heavy atom. The number of thioether (sulfide) groups is 1. The maximum Gasteiger partial charge on any atom is 0.277 e. The minimum absolute atomic E-state index is 0.00950. The highest BCUT2D eigenvalue weighted by Gasteiger charge is 2.19. The fraction of sp³-hybridized carbons (Fsp3) is 0.188. The van der Waals surface area contributed by atoms with E-state index in [1.54, 1.807) is 0 Å². The van der Waals surface area contributed by atoms with Crippen LogP contribution in [0.3, 0.4) is 0 Å². The Bertz CT molecular complexity index is 1030. The van der Waals surface area contributed by atoms with Gasteiger partial charge in [0.2, 0.25) is 5.95 Å². The number of H-pyrrole nitrogens is 1. The van der Waals surface area contributed by atoms with Gasteiger partial charge in [-0.25, -0.2) is 5.10 Å². The third kappa shape index (κ3) is 3.08. The second-order valence-corrected chi connectivity index (χ2v) is 7.37. The van der Waals surface area contributed by atoms with Gasteiger partial charge >= 0.3 is 0 Å². The first kappa shape index (κ1) is 16.7. The first-order chi connectivity index (χ1) is 12.6. The van der Waals surface area contributed by atoms with E-state index >= 15 is 0 Å². The second kappa shape index (κ2) is 6.89. The highest BCUT2D eigenvalue weighted by Crippen LogP contribution is 2.27. The van der Waals surface area contributed by atoms with Crippen LogP contribution in [-0.2, 0) is 0 Å². The van der Waals surface area contributed by atoms with Crippen molar-refractivity contribution in [3.8, 4) is 16.7 Å². The first-order valence-corrected chi connectivity index (χ1v) is 9.58. The van der Waals surface area contributed by atoms with Gasteiger partial charge < -0.3 is 4.42 Å². The summed E-state index contributed by atoms with van der Waals surface area (Å²) < 4.78 is 7.47. The SMILES string of the molecule is Cc1cc(C(=O)CSc2nnc(-c3cccs3)o2)c(C)n1-c1ncn[nH]1. The van der Waals surface area contributed by atoms with Crippen LogP contribution in [0.5, 0.6) is 0 Å². The minimum atomic E-state index is -0.00950. The summed E-state index contributed by atoms with van der Waals surface area (Å²) in [7, 11) is 0. The van der Waals surface area contributed by atoms with Gasteiger partial charge in [-0.3, -0.25) is 9.36 Å². The van der Waals surface area contributed by atoms with Crippen LogP contribution in [0.1, 0.15) is 21.7 Å². The minimum Gasteiger partial charge on any atom is -0.410 e. The largest absolute Gasteiger partial charge is 0.410 e. The molecule has 0 unspecified atom stereocenters. The summed E-state index contributed by atoms with van der Waals surface area (Å²) >= 11 is 2.76. The molecular formula is C16H14N6O2S2. The van der Waals surface area contributed by atoms with Gasteiger partial charge in [0, 0.05) is 17.0 Å². The van der Waals surface area contributed by atoms with E-state index in [1.807, 2.05) is 42.0 Å². The topological polar surface area (TPSA) is 102 Å². The van der Waals surface area contributed by atoms with E-state index in [-0.39, 0.29) is 11.5 Å². The number of rotatable bonds is 6. The molecule has 10 heteroatoms. The average Bonchev–Trinajstić information content (AvgIpc) is 3.40. The molecule has 132 valence electrons. The van der Waals surface area contributed by atoms with Crippen LogP contribution in [0, 0.1) is 13.8 Å². The van der Waals surface area contributed by atoms with Gasteiger partial charge in [-0.1, -0.05) is 17.8 Å². The number of hydrogen-bond acceptors (Lipinski definition) is 8. The fourth-order valence-corrected chi connectivity index (χ4v) is 3.94. The Balaban J connectivity index is 1.48. The molecular weight excluding hydrogens is 372 g/mol. The monoisotopic (exact) mass is 386 g/mol. The van der Waals surface area contributed by atoms with Crippen molar-refractivity contribution in [3.05, 3.63) is 46.9 Å². The molecule has 0 radical (unpaired) electrons. The molecule has 0 aliphatic heterocycles. The van der Waals surface area contributed by atoms with Crippen molar-refractivity contribution in [2.45, 2.75) is 19.1 Å². The van der Waals surface area contributed by atoms with Crippen molar-refractivity contribution in [1.29, 1.82) is 0 Å². The van der Waals surface area contributed by atoms with Gasteiger partial charge in [-0.05, 0) is 31.4 Å². The average molecular weight is 386 g/mol. The van der Waals surface area contributed by atoms with Crippen molar-refractivity contribution in [2.24, 2.45) is 0 Å². The van der Waals surface area contributed by atoms with Crippen molar-refractivity contribution in [2.75, 3.05) is 5.75 Å². The van der Waals surface area contributed by atoms with Crippen molar-refractivity contribution in [3.63, 3.8) is 0 Å². The number of carbonyl (C=O) groups is 1. The number of carbonyl (C=O) groups excluding carboxylic acids is 1. The van der Waals surface area contributed by atoms with E-state index in [9.17, 15) is 4.79 Å². The molecule has 0 aromatic carbocycles. The van der Waals surface area contributed by atoms with Gasteiger partial charge in [-0.2, -0.15) is 10.1 Å². The molecule has 0 bridgehead atoms. The van der Waals surface area contributed by atoms with Crippen molar-refractivity contribution >= 4 is 28.9 Å². The summed E-state index contributed by atoms with van der Waals surface area (Å²) in [5.41, 5.74) is 2.37. The number of nitrogens with zero attached hydrogens (tertiary/aromatic N) is 5. The number of aryl methyl sites for hydroxylation is 1. The molecule has 0 saturated carbocycles. The summed E-state index contributed by atoms with van der Waals surface area (Å²) in [6, 6.07) is 5.69. The van der Waals surface area contributed by atoms with Crippen LogP contribution in [0.4, 0.5) is 0 Å². The molecule has 26 heavy (non-hydrogen) atoms. The van der Waals surface area contributed by atoms with Crippen LogP contribution >= 0.6 is 23.1 Å². The Hall–Kier alpha value is -2.72. The van der Waals surface area contributed by atoms with Crippen molar-refractivity contribution < 1.29 is 9.21 Å². The zero-order valence-electron chi connectivity index (χ0n) is 14.0. The number of hydrogen-bond donors (Lipinski definition) is 1. The molecule has 4 aromatic heterocycles. The Morgan fingerprint density at radius 3 is 3.00 bits per heavy atom. The summed E-state index contributed by atoms with van der Waals surface area (Å²) in [4.78, 5) is 17.7. The zero-order valence-corrected chi connectivity index (χ0v) is 15.6. The van der Waals surface area contributed by atoms with Gasteiger partial charge in [0.1, 0.15) is 6.33 Å². The second-order valence-electron chi connectivity index (χ2n) is 5.49. The molecule has 0 fully saturated rings. The summed E-state index contributed by atoms with van der Waals surface area (Å²) in [5.74, 6) is 1.26. The van der Waals surface area contributed by atoms with E-state index < -0.39 is 0 Å². The molecule has 0 aliphatic carbocycles. The van der Waals surface area contributed by atoms with Crippen LogP contribution in [0.2, 0.25) is 0 Å². The molecule has 4 aromatic rings. The molecule has 0 spiro atoms. The zero-order chi connectivity index (χ0) is 18.1. The lowest BCUT2D eigenvalue weighted by Gasteiger charge is -2.04. The lowest BCUT2D eigenvalue weighted by molar-refractivity contribution is 0.102. The maximum atomic E-state index is 12.6. The Morgan fingerprint density at radius 1 is 1.38 bits per heavy atom. The van der Waals surface area contributed by atoms with E-state index in [1.165, 1.54) is 29.4 Å². The predicted molar refractivity (Wildman–Crippen MR) is 97.8 cm³/mol. The van der Waals surface area contributed by atoms with Crippen LogP contribution in [0.15, 0.2) is 39.5 Å². The van der Waals surface area contributed by atoms with Crippen LogP contribution in [0.25, 0.3) is 16.7 Å². The third-order valence-electron chi connectivity index (χ3n) is 3.81. The molecule has 4 heterocycles. The van der Waals surface area contributed by atoms with Crippen molar-refractivity contribution in [1.82, 2.24) is 29.9 Å². The Kier molecular flexibility index (Phi) is 4.43. The Labute approximate surface area is 156 Å². The standard InChI is InChI=1S/C16H14N6O2S2/c1-9-6-11(10(2)22(9)15-17-8-18-20-15)12(23)7-26-16-21-19-14(24-16)13-4-3-5-25-13/h3-6,8H,7H2,1-2H3,(H,17,18,20). The molecule has 0 saturated heterocycles. The van der Waals surface area contributed by atoms with Crippen LogP contribution in [-0.4, -0.2) is 41.5 Å². The molecule has 0 amide bonds. The number of aromatic nitrogens is 6. The van der Waals surface area contributed by atoms with E-state index in [4.69, 9.17) is 4.42 Å². The molecule has 4 rings (SSSR count). The number of thiophene rings is 1. The number of ketones is 1. The summed E-state index contributed by atoms with van der Waals surface area (Å²) in [5, 5.41) is 17.0. The lowest BCUT2D eigenvalue weighted by Crippen LogP contribution is -2.06. The molecule has 8 nitrogen and oxygen atoms in total. The number of nitrogens with one attached hydrogen (secondary N) is 1. The predicted octanol–water partition coefficient (Wildman–Crippen LogP) is 3.30. The molecule has 0 aliphatic rings. The van der Waals surface area contributed by atoms with Gasteiger partial charge in [0.25, 0.3) is 11.1 Å². The quantitative estimate of drug-likeness (QED) is 0.400. The highest BCUT2D eigenvalue weighted by atomic mass is 32.2. The van der Waals surface area contributed by atoms with Gasteiger partial charge in [0.15, 0.2) is 5.78 Å². The van der Waals surface area contributed by atoms with E-state index in [0.717, 1.165) is 16.3 Å². The van der Waals surface area contributed by atoms with Gasteiger partial charge in [0.05, 0.1) is 10.6 Å². The number of Topliss-reactive ketones (excluding diaryl/α,β-unsaturated/α-hetero) is 1. The highest BCUT2D eigenvalue weighted by molar-refractivity contribution is 7.99. The molecule has 1 N–H and O–H groups in total. The third-order valence-corrected chi connectivity index (χ3v) is 5.49. The first-order valence-electron chi connectivity index (χ1n) is 7.71. The fourth-order valence-electron chi connectivity index (χ4n) is 2.65. The van der Waals surface area contributed by atoms with Crippen LogP contribution < -0.4 is 0 Å². The normalized spacial score (nSPS) is 11.2. The summed E-state index contributed by atoms with van der Waals surface area (Å²) in [6.45, 7) is 3.81. The summed E-state index contributed by atoms with van der Waals surface area (Å²) in [6.07, 6.45) is 1.44. The molecule has 0 atom stereocenters. The lowest BCUT2D eigenvalue weighted by atomic mass is 10.2. The maximum absolute atomic E-state index is 12.6. The van der Waals surface area contributed by atoms with E-state index in [2.05, 4.69) is 25.4 Å². The smallest absolute Gasteiger partial charge is 0.277 e. The van der Waals surface area contributed by atoms with Gasteiger partial charge in [-0.15, -0.1) is 21.5 Å². The number of aromatic amines is 1. The van der Waals surface area contributed by atoms with E-state index in [0.29, 0.717) is 22.6 Å².